The zero-order valence-electron chi connectivity index (χ0n) is 20.9. The summed E-state index contributed by atoms with van der Waals surface area (Å²) in [7, 11) is 0. The van der Waals surface area contributed by atoms with Crippen molar-refractivity contribution in [2.45, 2.75) is 52.4 Å². The molecule has 2 N–H and O–H groups in total. The van der Waals surface area contributed by atoms with E-state index in [2.05, 4.69) is 17.2 Å². The maximum atomic E-state index is 12.8. The summed E-state index contributed by atoms with van der Waals surface area (Å²) in [6.07, 6.45) is 8.54. The van der Waals surface area contributed by atoms with E-state index in [9.17, 15) is 9.59 Å². The predicted octanol–water partition coefficient (Wildman–Crippen LogP) is 8.60. The second-order valence-electron chi connectivity index (χ2n) is 8.59. The van der Waals surface area contributed by atoms with E-state index in [1.807, 2.05) is 29.6 Å². The molecule has 3 aromatic rings. The van der Waals surface area contributed by atoms with E-state index < -0.39 is 11.9 Å². The van der Waals surface area contributed by atoms with Crippen LogP contribution < -0.4 is 10.1 Å². The van der Waals surface area contributed by atoms with Crippen molar-refractivity contribution in [1.29, 1.82) is 0 Å². The fourth-order valence-electron chi connectivity index (χ4n) is 3.62. The molecule has 0 aliphatic rings. The number of benzene rings is 2. The predicted molar refractivity (Wildman–Crippen MR) is 152 cm³/mol. The number of amides is 1. The number of nitrogens with one attached hydrogen (secondary N) is 1. The number of anilines is 1. The van der Waals surface area contributed by atoms with E-state index >= 15 is 0 Å². The standard InChI is InChI=1S/C28H30Cl2N2O4S/c1-3-4-5-6-7-10-13-36-25-12-9-8-11-20(25)24-17-37-28(31-24)32-26(33)19-15-22(29)21(23(30)16-19)14-18(2)27(34)35/h8-9,11-12,14-17H,3-7,10,13H2,1-2H3,(H,34,35)(H,31,32,33)/b18-14+. The van der Waals surface area contributed by atoms with E-state index in [-0.39, 0.29) is 21.2 Å². The highest BCUT2D eigenvalue weighted by Crippen LogP contribution is 2.33. The first-order chi connectivity index (χ1) is 17.8. The number of thiazole rings is 1. The van der Waals surface area contributed by atoms with Gasteiger partial charge in [0.25, 0.3) is 5.91 Å². The Morgan fingerprint density at radius 2 is 1.76 bits per heavy atom. The van der Waals surface area contributed by atoms with Gasteiger partial charge in [0.2, 0.25) is 0 Å². The van der Waals surface area contributed by atoms with Crippen molar-refractivity contribution in [1.82, 2.24) is 4.98 Å². The highest BCUT2D eigenvalue weighted by Gasteiger charge is 2.16. The van der Waals surface area contributed by atoms with Gasteiger partial charge in [0, 0.05) is 27.6 Å². The van der Waals surface area contributed by atoms with Gasteiger partial charge in [0.1, 0.15) is 5.75 Å². The molecule has 0 spiro atoms. The smallest absolute Gasteiger partial charge is 0.331 e. The Labute approximate surface area is 231 Å². The number of hydrogen-bond acceptors (Lipinski definition) is 5. The van der Waals surface area contributed by atoms with Crippen molar-refractivity contribution in [2.24, 2.45) is 0 Å². The van der Waals surface area contributed by atoms with Crippen molar-refractivity contribution < 1.29 is 19.4 Å². The Hall–Kier alpha value is -2.87. The van der Waals surface area contributed by atoms with Gasteiger partial charge in [-0.25, -0.2) is 9.78 Å². The Balaban J connectivity index is 1.66. The lowest BCUT2D eigenvalue weighted by Gasteiger charge is -2.10. The van der Waals surface area contributed by atoms with Crippen LogP contribution in [0.4, 0.5) is 5.13 Å². The molecule has 9 heteroatoms. The van der Waals surface area contributed by atoms with Gasteiger partial charge >= 0.3 is 5.97 Å². The number of para-hydroxylation sites is 1. The molecule has 196 valence electrons. The molecule has 6 nitrogen and oxygen atoms in total. The maximum Gasteiger partial charge on any atom is 0.331 e. The molecule has 0 unspecified atom stereocenters. The molecule has 0 radical (unpaired) electrons. The molecule has 0 saturated carbocycles. The third-order valence-corrected chi connectivity index (χ3v) is 7.07. The van der Waals surface area contributed by atoms with Crippen LogP contribution in [0.5, 0.6) is 5.75 Å². The minimum Gasteiger partial charge on any atom is -0.493 e. The van der Waals surface area contributed by atoms with Crippen molar-refractivity contribution in [3.05, 3.63) is 68.5 Å². The number of nitrogens with zero attached hydrogens (tertiary/aromatic N) is 1. The maximum absolute atomic E-state index is 12.8. The zero-order chi connectivity index (χ0) is 26.8. The van der Waals surface area contributed by atoms with Crippen molar-refractivity contribution in [3.8, 4) is 17.0 Å². The van der Waals surface area contributed by atoms with Crippen LogP contribution in [0.15, 0.2) is 47.4 Å². The molecule has 2 aromatic carbocycles. The van der Waals surface area contributed by atoms with E-state index in [0.29, 0.717) is 23.0 Å². The van der Waals surface area contributed by atoms with E-state index in [1.54, 1.807) is 0 Å². The lowest BCUT2D eigenvalue weighted by molar-refractivity contribution is -0.132. The van der Waals surface area contributed by atoms with Gasteiger partial charge < -0.3 is 9.84 Å². The number of aliphatic carboxylic acids is 1. The summed E-state index contributed by atoms with van der Waals surface area (Å²) >= 11 is 13.9. The third kappa shape index (κ3) is 8.32. The number of unbranched alkanes of at least 4 members (excludes halogenated alkanes) is 5. The second-order valence-corrected chi connectivity index (χ2v) is 10.3. The Morgan fingerprint density at radius 1 is 1.08 bits per heavy atom. The fourth-order valence-corrected chi connectivity index (χ4v) is 4.93. The minimum atomic E-state index is -1.08. The van der Waals surface area contributed by atoms with Crippen LogP contribution in [0.1, 0.15) is 68.3 Å². The van der Waals surface area contributed by atoms with E-state index in [0.717, 1.165) is 24.2 Å². The molecular weight excluding hydrogens is 531 g/mol. The van der Waals surface area contributed by atoms with Crippen LogP contribution in [0.25, 0.3) is 17.3 Å². The highest BCUT2D eigenvalue weighted by molar-refractivity contribution is 7.14. The minimum absolute atomic E-state index is 0.0764. The Kier molecular flexibility index (Phi) is 11.0. The SMILES string of the molecule is CCCCCCCCOc1ccccc1-c1csc(NC(=O)c2cc(Cl)c(/C=C(\C)C(=O)O)c(Cl)c2)n1. The molecule has 0 aliphatic heterocycles. The van der Waals surface area contributed by atoms with Gasteiger partial charge in [-0.2, -0.15) is 0 Å². The number of carboxylic acid groups (broad SMARTS) is 1. The molecular formula is C28H30Cl2N2O4S. The van der Waals surface area contributed by atoms with Crippen molar-refractivity contribution in [3.63, 3.8) is 0 Å². The molecule has 1 aromatic heterocycles. The van der Waals surface area contributed by atoms with Crippen LogP contribution in [0.3, 0.4) is 0 Å². The third-order valence-electron chi connectivity index (χ3n) is 5.68. The average molecular weight is 562 g/mol. The summed E-state index contributed by atoms with van der Waals surface area (Å²) in [4.78, 5) is 28.5. The zero-order valence-corrected chi connectivity index (χ0v) is 23.2. The van der Waals surface area contributed by atoms with Crippen LogP contribution in [0.2, 0.25) is 10.0 Å². The first kappa shape index (κ1) is 28.7. The van der Waals surface area contributed by atoms with Crippen LogP contribution >= 0.6 is 34.5 Å². The number of carbonyl (C=O) groups is 2. The number of carbonyl (C=O) groups excluding carboxylic acids is 1. The number of carboxylic acids is 1. The number of ether oxygens (including phenoxy) is 1. The normalized spacial score (nSPS) is 11.4. The van der Waals surface area contributed by atoms with Crippen molar-refractivity contribution in [2.75, 3.05) is 11.9 Å². The summed E-state index contributed by atoms with van der Waals surface area (Å²) in [6, 6.07) is 10.6. The summed E-state index contributed by atoms with van der Waals surface area (Å²) in [6.45, 7) is 4.30. The number of aromatic nitrogens is 1. The lowest BCUT2D eigenvalue weighted by Crippen LogP contribution is -2.12. The molecule has 0 aliphatic carbocycles. The van der Waals surface area contributed by atoms with Gasteiger partial charge in [-0.05, 0) is 43.7 Å². The van der Waals surface area contributed by atoms with Gasteiger partial charge in [-0.1, -0.05) is 74.4 Å². The van der Waals surface area contributed by atoms with Crippen LogP contribution in [-0.2, 0) is 4.79 Å². The second kappa shape index (κ2) is 14.2. The van der Waals surface area contributed by atoms with Gasteiger partial charge in [0.15, 0.2) is 5.13 Å². The van der Waals surface area contributed by atoms with Crippen LogP contribution in [-0.4, -0.2) is 28.6 Å². The lowest BCUT2D eigenvalue weighted by atomic mass is 10.1. The number of hydrogen-bond donors (Lipinski definition) is 2. The quantitative estimate of drug-likeness (QED) is 0.161. The molecule has 1 amide bonds. The summed E-state index contributed by atoms with van der Waals surface area (Å²) in [5, 5.41) is 14.5. The molecule has 1 heterocycles. The molecule has 0 atom stereocenters. The number of halogens is 2. The molecule has 0 fully saturated rings. The number of rotatable bonds is 13. The first-order valence-electron chi connectivity index (χ1n) is 12.2. The Morgan fingerprint density at radius 3 is 2.46 bits per heavy atom. The summed E-state index contributed by atoms with van der Waals surface area (Å²) in [5.74, 6) is -0.746. The highest BCUT2D eigenvalue weighted by atomic mass is 35.5. The molecule has 0 bridgehead atoms. The topological polar surface area (TPSA) is 88.5 Å². The Bertz CT molecular complexity index is 1250. The largest absolute Gasteiger partial charge is 0.493 e. The van der Waals surface area contributed by atoms with Gasteiger partial charge in [0.05, 0.1) is 22.3 Å². The summed E-state index contributed by atoms with van der Waals surface area (Å²) < 4.78 is 6.04. The van der Waals surface area contributed by atoms with Crippen LogP contribution in [0, 0.1) is 0 Å². The van der Waals surface area contributed by atoms with Gasteiger partial charge in [-0.15, -0.1) is 11.3 Å². The fraction of sp³-hybridized carbons (Fsp3) is 0.321. The van der Waals surface area contributed by atoms with E-state index in [4.69, 9.17) is 33.0 Å². The first-order valence-corrected chi connectivity index (χ1v) is 13.8. The molecule has 37 heavy (non-hydrogen) atoms. The molecule has 3 rings (SSSR count). The average Bonchev–Trinajstić information content (AvgIpc) is 3.33. The van der Waals surface area contributed by atoms with E-state index in [1.165, 1.54) is 62.2 Å². The van der Waals surface area contributed by atoms with Gasteiger partial charge in [-0.3, -0.25) is 10.1 Å². The van der Waals surface area contributed by atoms with Crippen molar-refractivity contribution >= 4 is 57.6 Å². The summed E-state index contributed by atoms with van der Waals surface area (Å²) in [5.41, 5.74) is 2.22. The monoisotopic (exact) mass is 560 g/mol. The molecule has 0 saturated heterocycles.